The normalized spacial score (nSPS) is 13.9. The van der Waals surface area contributed by atoms with Crippen LogP contribution in [0.4, 0.5) is 0 Å². The lowest BCUT2D eigenvalue weighted by molar-refractivity contribution is -0.123. The second-order valence-corrected chi connectivity index (χ2v) is 1.75. The molecule has 4 heteroatoms. The van der Waals surface area contributed by atoms with Gasteiger partial charge in [-0.3, -0.25) is 4.79 Å². The summed E-state index contributed by atoms with van der Waals surface area (Å²) in [6.07, 6.45) is -0.397. The molecule has 0 aromatic rings. The molecule has 0 aromatic carbocycles. The summed E-state index contributed by atoms with van der Waals surface area (Å²) < 4.78 is 4.68. The molecule has 0 spiro atoms. The fourth-order valence-corrected chi connectivity index (χ4v) is 0.348. The minimum Gasteiger partial charge on any atom is -0.417 e. The molecule has 0 aliphatic carbocycles. The molecule has 0 aliphatic rings. The Hall–Kier alpha value is -0.353. The second-order valence-electron chi connectivity index (χ2n) is 1.28. The highest BCUT2D eigenvalue weighted by molar-refractivity contribution is 5.99. The number of rotatable bonds is 2. The Morgan fingerprint density at radius 2 is 2.43 bits per heavy atom. The lowest BCUT2D eigenvalue weighted by Gasteiger charge is -2.01. The van der Waals surface area contributed by atoms with E-state index in [2.05, 4.69) is 4.43 Å². The zero-order valence-electron chi connectivity index (χ0n) is 4.47. The number of nitrogens with two attached hydrogens (primary N) is 1. The number of hydrogen-bond donors (Lipinski definition) is 1. The number of primary amides is 1. The molecule has 0 aromatic heterocycles. The van der Waals surface area contributed by atoms with Gasteiger partial charge in [-0.25, -0.2) is 0 Å². The molecule has 7 heavy (non-hydrogen) atoms. The van der Waals surface area contributed by atoms with Crippen LogP contribution in [0.2, 0.25) is 0 Å². The molecular weight excluding hydrogens is 110 g/mol. The van der Waals surface area contributed by atoms with Crippen molar-refractivity contribution in [3.05, 3.63) is 0 Å². The Labute approximate surface area is 45.4 Å². The van der Waals surface area contributed by atoms with Crippen molar-refractivity contribution in [3.8, 4) is 0 Å². The standard InChI is InChI=1S/C3H9NO2Si/c1-2(6-7)3(4)5/h2H,1,7H3,(H2,4,5). The van der Waals surface area contributed by atoms with Crippen LogP contribution in [-0.4, -0.2) is 22.5 Å². The highest BCUT2D eigenvalue weighted by Gasteiger charge is 2.02. The summed E-state index contributed by atoms with van der Waals surface area (Å²) in [4.78, 5) is 10.0. The van der Waals surface area contributed by atoms with E-state index < -0.39 is 12.0 Å². The van der Waals surface area contributed by atoms with Crippen molar-refractivity contribution in [2.75, 3.05) is 0 Å². The SMILES string of the molecule is CC(O[SiH3])C(N)=O. The van der Waals surface area contributed by atoms with Gasteiger partial charge >= 0.3 is 0 Å². The van der Waals surface area contributed by atoms with Gasteiger partial charge in [0.1, 0.15) is 16.6 Å². The monoisotopic (exact) mass is 119 g/mol. The highest BCUT2D eigenvalue weighted by atomic mass is 28.2. The van der Waals surface area contributed by atoms with Crippen LogP contribution in [0.15, 0.2) is 0 Å². The van der Waals surface area contributed by atoms with Crippen LogP contribution in [0.5, 0.6) is 0 Å². The predicted octanol–water partition coefficient (Wildman–Crippen LogP) is -1.84. The first-order chi connectivity index (χ1) is 3.18. The second kappa shape index (κ2) is 2.76. The maximum absolute atomic E-state index is 10.0. The van der Waals surface area contributed by atoms with Gasteiger partial charge in [0.2, 0.25) is 5.91 Å². The molecule has 3 nitrogen and oxygen atoms in total. The van der Waals surface area contributed by atoms with E-state index in [9.17, 15) is 4.79 Å². The molecule has 2 N–H and O–H groups in total. The summed E-state index contributed by atoms with van der Waals surface area (Å²) in [6.45, 7) is 1.63. The summed E-state index contributed by atoms with van der Waals surface area (Å²) in [6, 6.07) is 0. The summed E-state index contributed by atoms with van der Waals surface area (Å²) in [7, 11) is 0.570. The van der Waals surface area contributed by atoms with Gasteiger partial charge in [0, 0.05) is 0 Å². The summed E-state index contributed by atoms with van der Waals surface area (Å²) in [5.41, 5.74) is 4.80. The van der Waals surface area contributed by atoms with E-state index in [1.54, 1.807) is 6.92 Å². The molecular formula is C3H9NO2Si. The predicted molar refractivity (Wildman–Crippen MR) is 29.7 cm³/mol. The van der Waals surface area contributed by atoms with Crippen LogP contribution >= 0.6 is 0 Å². The number of amides is 1. The van der Waals surface area contributed by atoms with Gasteiger partial charge in [0.15, 0.2) is 0 Å². The van der Waals surface area contributed by atoms with E-state index in [0.29, 0.717) is 10.5 Å². The molecule has 0 saturated carbocycles. The van der Waals surface area contributed by atoms with Gasteiger partial charge in [0.25, 0.3) is 0 Å². The van der Waals surface area contributed by atoms with Crippen LogP contribution in [0.1, 0.15) is 6.92 Å². The minimum absolute atomic E-state index is 0.394. The Morgan fingerprint density at radius 1 is 2.00 bits per heavy atom. The van der Waals surface area contributed by atoms with Crippen LogP contribution in [0.25, 0.3) is 0 Å². The first-order valence-corrected chi connectivity index (χ1v) is 2.82. The topological polar surface area (TPSA) is 52.3 Å². The van der Waals surface area contributed by atoms with Gasteiger partial charge in [-0.2, -0.15) is 0 Å². The number of carbonyl (C=O) groups excluding carboxylic acids is 1. The molecule has 1 amide bonds. The molecule has 0 rings (SSSR count). The lowest BCUT2D eigenvalue weighted by Crippen LogP contribution is -2.27. The van der Waals surface area contributed by atoms with Crippen LogP contribution in [0.3, 0.4) is 0 Å². The quantitative estimate of drug-likeness (QED) is 0.434. The first kappa shape index (κ1) is 6.65. The Balaban J connectivity index is 3.34. The molecule has 1 unspecified atom stereocenters. The largest absolute Gasteiger partial charge is 0.417 e. The summed E-state index contributed by atoms with van der Waals surface area (Å²) in [5, 5.41) is 0. The minimum atomic E-state index is -0.397. The molecule has 0 fully saturated rings. The van der Waals surface area contributed by atoms with E-state index in [4.69, 9.17) is 5.73 Å². The summed E-state index contributed by atoms with van der Waals surface area (Å²) >= 11 is 0. The van der Waals surface area contributed by atoms with Gasteiger partial charge in [-0.15, -0.1) is 0 Å². The van der Waals surface area contributed by atoms with Crippen LogP contribution in [-0.2, 0) is 9.22 Å². The van der Waals surface area contributed by atoms with Crippen molar-refractivity contribution in [2.45, 2.75) is 13.0 Å². The molecule has 0 saturated heterocycles. The van der Waals surface area contributed by atoms with Crippen molar-refractivity contribution < 1.29 is 9.22 Å². The molecule has 0 bridgehead atoms. The zero-order valence-corrected chi connectivity index (χ0v) is 6.47. The van der Waals surface area contributed by atoms with E-state index in [0.717, 1.165) is 0 Å². The molecule has 0 heterocycles. The van der Waals surface area contributed by atoms with Crippen molar-refractivity contribution in [1.82, 2.24) is 0 Å². The maximum Gasteiger partial charge on any atom is 0.244 e. The van der Waals surface area contributed by atoms with Crippen molar-refractivity contribution in [1.29, 1.82) is 0 Å². The fraction of sp³-hybridized carbons (Fsp3) is 0.667. The van der Waals surface area contributed by atoms with Gasteiger partial charge < -0.3 is 10.2 Å². The molecule has 0 aliphatic heterocycles. The van der Waals surface area contributed by atoms with E-state index in [-0.39, 0.29) is 0 Å². The fourth-order valence-electron chi connectivity index (χ4n) is 0.116. The van der Waals surface area contributed by atoms with Crippen molar-refractivity contribution in [3.63, 3.8) is 0 Å². The smallest absolute Gasteiger partial charge is 0.244 e. The zero-order chi connectivity index (χ0) is 5.86. The van der Waals surface area contributed by atoms with E-state index in [1.807, 2.05) is 0 Å². The third-order valence-electron chi connectivity index (χ3n) is 0.754. The Bertz CT molecular complexity index is 75.3. The van der Waals surface area contributed by atoms with E-state index >= 15 is 0 Å². The van der Waals surface area contributed by atoms with Crippen molar-refractivity contribution in [2.24, 2.45) is 5.73 Å². The third-order valence-corrected chi connectivity index (χ3v) is 1.46. The highest BCUT2D eigenvalue weighted by Crippen LogP contribution is 1.80. The van der Waals surface area contributed by atoms with Crippen molar-refractivity contribution >= 4 is 16.4 Å². The third kappa shape index (κ3) is 2.36. The summed E-state index contributed by atoms with van der Waals surface area (Å²) in [5.74, 6) is -0.394. The number of carbonyl (C=O) groups is 1. The molecule has 1 atom stereocenters. The van der Waals surface area contributed by atoms with Gasteiger partial charge in [-0.1, -0.05) is 0 Å². The Morgan fingerprint density at radius 3 is 2.43 bits per heavy atom. The Kier molecular flexibility index (Phi) is 2.62. The van der Waals surface area contributed by atoms with Crippen LogP contribution in [0, 0.1) is 0 Å². The van der Waals surface area contributed by atoms with Crippen LogP contribution < -0.4 is 5.73 Å². The lowest BCUT2D eigenvalue weighted by atomic mass is 10.4. The average Bonchev–Trinajstić information content (AvgIpc) is 1.65. The van der Waals surface area contributed by atoms with Gasteiger partial charge in [-0.05, 0) is 6.92 Å². The molecule has 42 valence electrons. The first-order valence-electron chi connectivity index (χ1n) is 2.00. The maximum atomic E-state index is 10.0. The molecule has 0 radical (unpaired) electrons. The average molecular weight is 119 g/mol. The van der Waals surface area contributed by atoms with E-state index in [1.165, 1.54) is 0 Å². The number of hydrogen-bond acceptors (Lipinski definition) is 2. The van der Waals surface area contributed by atoms with Gasteiger partial charge in [0.05, 0.1) is 0 Å².